The number of aromatic nitrogens is 3. The number of aliphatic hydroxyl groups is 1. The van der Waals surface area contributed by atoms with Crippen molar-refractivity contribution in [3.05, 3.63) is 41.7 Å². The molecule has 1 aromatic heterocycles. The van der Waals surface area contributed by atoms with Gasteiger partial charge in [0.25, 0.3) is 0 Å². The van der Waals surface area contributed by atoms with Crippen LogP contribution in [0.25, 0.3) is 0 Å². The fraction of sp³-hybridized carbons (Fsp3) is 0.286. The van der Waals surface area contributed by atoms with Crippen LogP contribution in [-0.2, 0) is 13.2 Å². The molecule has 0 aliphatic carbocycles. The van der Waals surface area contributed by atoms with E-state index in [-0.39, 0.29) is 18.8 Å². The Morgan fingerprint density at radius 2 is 2.30 bits per heavy atom. The van der Waals surface area contributed by atoms with E-state index in [0.29, 0.717) is 18.1 Å². The normalized spacial score (nSPS) is 9.95. The van der Waals surface area contributed by atoms with Gasteiger partial charge in [0.1, 0.15) is 31.1 Å². The minimum atomic E-state index is -0.486. The second-order valence-corrected chi connectivity index (χ2v) is 3.88. The van der Waals surface area contributed by atoms with E-state index in [2.05, 4.69) is 21.9 Å². The third kappa shape index (κ3) is 3.33. The molecule has 0 saturated carbocycles. The van der Waals surface area contributed by atoms with Crippen molar-refractivity contribution >= 4 is 0 Å². The van der Waals surface area contributed by atoms with Crippen molar-refractivity contribution in [1.29, 1.82) is 0 Å². The van der Waals surface area contributed by atoms with Gasteiger partial charge < -0.3 is 9.84 Å². The molecule has 1 heterocycles. The molecule has 0 fully saturated rings. The molecule has 0 aliphatic heterocycles. The molecule has 5 nitrogen and oxygen atoms in total. The van der Waals surface area contributed by atoms with E-state index in [4.69, 9.17) is 9.84 Å². The SMILES string of the molecule is CCn1ncnc1COc1ccc(C#CCO)c(F)c1. The average molecular weight is 275 g/mol. The van der Waals surface area contributed by atoms with Crippen LogP contribution in [0.1, 0.15) is 18.3 Å². The summed E-state index contributed by atoms with van der Waals surface area (Å²) < 4.78 is 20.9. The number of aliphatic hydroxyl groups excluding tert-OH is 1. The van der Waals surface area contributed by atoms with Gasteiger partial charge in [-0.15, -0.1) is 0 Å². The highest BCUT2D eigenvalue weighted by Crippen LogP contribution is 2.17. The van der Waals surface area contributed by atoms with E-state index in [1.807, 2.05) is 6.92 Å². The second-order valence-electron chi connectivity index (χ2n) is 3.88. The number of halogens is 1. The smallest absolute Gasteiger partial charge is 0.164 e. The summed E-state index contributed by atoms with van der Waals surface area (Å²) in [5, 5.41) is 12.6. The lowest BCUT2D eigenvalue weighted by atomic mass is 10.2. The highest BCUT2D eigenvalue weighted by molar-refractivity contribution is 5.39. The van der Waals surface area contributed by atoms with Crippen LogP contribution in [0, 0.1) is 17.7 Å². The van der Waals surface area contributed by atoms with Gasteiger partial charge in [-0.2, -0.15) is 5.10 Å². The molecule has 0 bridgehead atoms. The highest BCUT2D eigenvalue weighted by Gasteiger charge is 2.06. The Morgan fingerprint density at radius 1 is 1.45 bits per heavy atom. The second kappa shape index (κ2) is 6.68. The summed E-state index contributed by atoms with van der Waals surface area (Å²) >= 11 is 0. The van der Waals surface area contributed by atoms with Gasteiger partial charge in [0, 0.05) is 12.6 Å². The van der Waals surface area contributed by atoms with Gasteiger partial charge in [-0.1, -0.05) is 11.8 Å². The number of nitrogens with zero attached hydrogens (tertiary/aromatic N) is 3. The quantitative estimate of drug-likeness (QED) is 0.856. The van der Waals surface area contributed by atoms with Gasteiger partial charge >= 0.3 is 0 Å². The van der Waals surface area contributed by atoms with Crippen molar-refractivity contribution in [3.8, 4) is 17.6 Å². The molecule has 0 spiro atoms. The summed E-state index contributed by atoms with van der Waals surface area (Å²) in [4.78, 5) is 4.07. The van der Waals surface area contributed by atoms with Crippen LogP contribution < -0.4 is 4.74 Å². The first-order chi connectivity index (χ1) is 9.74. The number of rotatable bonds is 4. The van der Waals surface area contributed by atoms with Crippen LogP contribution in [-0.4, -0.2) is 26.5 Å². The largest absolute Gasteiger partial charge is 0.486 e. The molecule has 0 saturated heterocycles. The van der Waals surface area contributed by atoms with E-state index in [9.17, 15) is 4.39 Å². The van der Waals surface area contributed by atoms with Crippen LogP contribution in [0.5, 0.6) is 5.75 Å². The third-order valence-electron chi connectivity index (χ3n) is 2.61. The van der Waals surface area contributed by atoms with Gasteiger partial charge in [0.2, 0.25) is 0 Å². The fourth-order valence-electron chi connectivity index (χ4n) is 1.63. The summed E-state index contributed by atoms with van der Waals surface area (Å²) in [7, 11) is 0. The summed E-state index contributed by atoms with van der Waals surface area (Å²) in [6.45, 7) is 2.56. The first-order valence-corrected chi connectivity index (χ1v) is 6.13. The monoisotopic (exact) mass is 275 g/mol. The Balaban J connectivity index is 2.05. The highest BCUT2D eigenvalue weighted by atomic mass is 19.1. The first-order valence-electron chi connectivity index (χ1n) is 6.13. The lowest BCUT2D eigenvalue weighted by molar-refractivity contribution is 0.286. The topological polar surface area (TPSA) is 60.2 Å². The van der Waals surface area contributed by atoms with Crippen molar-refractivity contribution in [2.24, 2.45) is 0 Å². The number of aryl methyl sites for hydroxylation is 1. The molecule has 0 amide bonds. The first kappa shape index (κ1) is 14.0. The third-order valence-corrected chi connectivity index (χ3v) is 2.61. The Hall–Kier alpha value is -2.39. The van der Waals surface area contributed by atoms with Crippen molar-refractivity contribution in [1.82, 2.24) is 14.8 Å². The molecular weight excluding hydrogens is 261 g/mol. The molecule has 2 rings (SSSR count). The molecule has 0 atom stereocenters. The van der Waals surface area contributed by atoms with Crippen molar-refractivity contribution < 1.29 is 14.2 Å². The van der Waals surface area contributed by atoms with Crippen LogP contribution in [0.4, 0.5) is 4.39 Å². The molecule has 1 aromatic carbocycles. The van der Waals surface area contributed by atoms with Crippen molar-refractivity contribution in [2.75, 3.05) is 6.61 Å². The molecule has 20 heavy (non-hydrogen) atoms. The standard InChI is InChI=1S/C14H14FN3O2/c1-2-18-14(16-10-17-18)9-20-12-6-5-11(4-3-7-19)13(15)8-12/h5-6,8,10,19H,2,7,9H2,1H3. The lowest BCUT2D eigenvalue weighted by Gasteiger charge is -2.07. The molecule has 104 valence electrons. The maximum Gasteiger partial charge on any atom is 0.164 e. The zero-order valence-corrected chi connectivity index (χ0v) is 11.0. The molecule has 6 heteroatoms. The zero-order chi connectivity index (χ0) is 14.4. The predicted octanol–water partition coefficient (Wildman–Crippen LogP) is 1.36. The Morgan fingerprint density at radius 3 is 3.00 bits per heavy atom. The molecular formula is C14H14FN3O2. The summed E-state index contributed by atoms with van der Waals surface area (Å²) in [6.07, 6.45) is 1.45. The van der Waals surface area contributed by atoms with Gasteiger partial charge in [-0.25, -0.2) is 14.1 Å². The van der Waals surface area contributed by atoms with E-state index in [1.54, 1.807) is 10.7 Å². The van der Waals surface area contributed by atoms with Gasteiger partial charge in [-0.3, -0.25) is 0 Å². The fourth-order valence-corrected chi connectivity index (χ4v) is 1.63. The summed E-state index contributed by atoms with van der Waals surface area (Å²) in [5.74, 6) is 5.50. The number of benzene rings is 1. The Kier molecular flexibility index (Phi) is 4.69. The van der Waals surface area contributed by atoms with E-state index in [0.717, 1.165) is 0 Å². The number of ether oxygens (including phenoxy) is 1. The molecule has 0 radical (unpaired) electrons. The average Bonchev–Trinajstić information content (AvgIpc) is 2.91. The minimum absolute atomic E-state index is 0.217. The predicted molar refractivity (Wildman–Crippen MR) is 70.4 cm³/mol. The maximum atomic E-state index is 13.7. The Bertz CT molecular complexity index is 643. The van der Waals surface area contributed by atoms with E-state index < -0.39 is 5.82 Å². The number of hydrogen-bond acceptors (Lipinski definition) is 4. The van der Waals surface area contributed by atoms with Gasteiger partial charge in [-0.05, 0) is 19.1 Å². The van der Waals surface area contributed by atoms with Gasteiger partial charge in [0.15, 0.2) is 5.82 Å². The van der Waals surface area contributed by atoms with Crippen LogP contribution >= 0.6 is 0 Å². The Labute approximate surface area is 116 Å². The summed E-state index contributed by atoms with van der Waals surface area (Å²) in [6, 6.07) is 4.39. The lowest BCUT2D eigenvalue weighted by Crippen LogP contribution is -2.07. The van der Waals surface area contributed by atoms with E-state index >= 15 is 0 Å². The summed E-state index contributed by atoms with van der Waals surface area (Å²) in [5.41, 5.74) is 0.225. The molecule has 0 unspecified atom stereocenters. The molecule has 0 aliphatic rings. The number of hydrogen-bond donors (Lipinski definition) is 1. The zero-order valence-electron chi connectivity index (χ0n) is 11.0. The molecule has 1 N–H and O–H groups in total. The van der Waals surface area contributed by atoms with Crippen LogP contribution in [0.3, 0.4) is 0 Å². The van der Waals surface area contributed by atoms with Crippen molar-refractivity contribution in [2.45, 2.75) is 20.1 Å². The van der Waals surface area contributed by atoms with Gasteiger partial charge in [0.05, 0.1) is 5.56 Å². The maximum absolute atomic E-state index is 13.7. The minimum Gasteiger partial charge on any atom is -0.486 e. The van der Waals surface area contributed by atoms with E-state index in [1.165, 1.54) is 18.5 Å². The van der Waals surface area contributed by atoms with Crippen LogP contribution in [0.15, 0.2) is 24.5 Å². The van der Waals surface area contributed by atoms with Crippen molar-refractivity contribution in [3.63, 3.8) is 0 Å². The van der Waals surface area contributed by atoms with Crippen LogP contribution in [0.2, 0.25) is 0 Å². The molecule has 2 aromatic rings.